The molecule has 0 aliphatic heterocycles. The number of hydrogen-bond donors (Lipinski definition) is 3. The normalized spacial score (nSPS) is 13.9. The molecule has 0 spiro atoms. The zero-order chi connectivity index (χ0) is 14.3. The van der Waals surface area contributed by atoms with Crippen LogP contribution in [0.4, 0.5) is 4.79 Å². The first-order valence-electron chi connectivity index (χ1n) is 6.74. The van der Waals surface area contributed by atoms with Gasteiger partial charge in [0.25, 0.3) is 0 Å². The molecule has 0 fully saturated rings. The van der Waals surface area contributed by atoms with Crippen LogP contribution in [0.2, 0.25) is 0 Å². The third kappa shape index (κ3) is 5.30. The number of carbonyl (C=O) groups excluding carboxylic acids is 1. The Bertz CT molecular complexity index is 379. The van der Waals surface area contributed by atoms with Gasteiger partial charge in [-0.1, -0.05) is 51.1 Å². The van der Waals surface area contributed by atoms with E-state index in [9.17, 15) is 4.79 Å². The van der Waals surface area contributed by atoms with Crippen molar-refractivity contribution in [1.82, 2.24) is 10.6 Å². The molecule has 0 aromatic heterocycles. The summed E-state index contributed by atoms with van der Waals surface area (Å²) in [6.07, 6.45) is 0. The Morgan fingerprint density at radius 1 is 1.21 bits per heavy atom. The second-order valence-electron chi connectivity index (χ2n) is 5.20. The Kier molecular flexibility index (Phi) is 6.36. The highest BCUT2D eigenvalue weighted by Gasteiger charge is 2.15. The van der Waals surface area contributed by atoms with Crippen LogP contribution in [0.15, 0.2) is 30.3 Å². The minimum atomic E-state index is -0.226. The Balaban J connectivity index is 2.38. The minimum absolute atomic E-state index is 0.0423. The smallest absolute Gasteiger partial charge is 0.315 e. The molecule has 106 valence electrons. The average Bonchev–Trinajstić information content (AvgIpc) is 2.42. The van der Waals surface area contributed by atoms with Crippen molar-refractivity contribution in [3.8, 4) is 0 Å². The van der Waals surface area contributed by atoms with Crippen LogP contribution in [-0.4, -0.2) is 30.3 Å². The van der Waals surface area contributed by atoms with Crippen LogP contribution in [0, 0.1) is 5.92 Å². The quantitative estimate of drug-likeness (QED) is 0.737. The fraction of sp³-hybridized carbons (Fsp3) is 0.533. The highest BCUT2D eigenvalue weighted by atomic mass is 16.3. The Labute approximate surface area is 115 Å². The van der Waals surface area contributed by atoms with Gasteiger partial charge < -0.3 is 15.7 Å². The Morgan fingerprint density at radius 3 is 2.37 bits per heavy atom. The summed E-state index contributed by atoms with van der Waals surface area (Å²) >= 11 is 0. The Morgan fingerprint density at radius 2 is 1.84 bits per heavy atom. The molecule has 19 heavy (non-hydrogen) atoms. The minimum Gasteiger partial charge on any atom is -0.394 e. The van der Waals surface area contributed by atoms with Gasteiger partial charge in [0.05, 0.1) is 12.6 Å². The number of aliphatic hydroxyl groups is 1. The zero-order valence-electron chi connectivity index (χ0n) is 11.9. The van der Waals surface area contributed by atoms with Gasteiger partial charge in [-0.25, -0.2) is 4.79 Å². The van der Waals surface area contributed by atoms with E-state index in [4.69, 9.17) is 5.11 Å². The van der Waals surface area contributed by atoms with Crippen molar-refractivity contribution in [2.75, 3.05) is 13.2 Å². The molecule has 0 heterocycles. The summed E-state index contributed by atoms with van der Waals surface area (Å²) < 4.78 is 0. The van der Waals surface area contributed by atoms with Crippen LogP contribution < -0.4 is 10.6 Å². The number of nitrogens with one attached hydrogen (secondary N) is 2. The van der Waals surface area contributed by atoms with Crippen molar-refractivity contribution in [3.63, 3.8) is 0 Å². The second kappa shape index (κ2) is 7.79. The van der Waals surface area contributed by atoms with Crippen LogP contribution in [0.3, 0.4) is 0 Å². The van der Waals surface area contributed by atoms with Crippen LogP contribution in [0.25, 0.3) is 0 Å². The monoisotopic (exact) mass is 264 g/mol. The number of urea groups is 1. The summed E-state index contributed by atoms with van der Waals surface area (Å²) in [5.41, 5.74) is 1.20. The molecule has 4 heteroatoms. The van der Waals surface area contributed by atoms with E-state index in [1.807, 2.05) is 32.0 Å². The predicted octanol–water partition coefficient (Wildman–Crippen LogP) is 2.11. The van der Waals surface area contributed by atoms with Crippen LogP contribution in [0.1, 0.15) is 32.3 Å². The van der Waals surface area contributed by atoms with E-state index in [1.54, 1.807) is 0 Å². The second-order valence-corrected chi connectivity index (χ2v) is 5.20. The molecule has 1 aromatic carbocycles. The molecule has 0 aliphatic carbocycles. The molecular weight excluding hydrogens is 240 g/mol. The molecule has 2 atom stereocenters. The van der Waals surface area contributed by atoms with Gasteiger partial charge in [-0.3, -0.25) is 0 Å². The van der Waals surface area contributed by atoms with E-state index in [2.05, 4.69) is 29.7 Å². The molecule has 0 saturated carbocycles. The van der Waals surface area contributed by atoms with Gasteiger partial charge in [0.1, 0.15) is 0 Å². The lowest BCUT2D eigenvalue weighted by Gasteiger charge is -2.21. The summed E-state index contributed by atoms with van der Waals surface area (Å²) in [7, 11) is 0. The van der Waals surface area contributed by atoms with Gasteiger partial charge in [-0.05, 0) is 17.4 Å². The summed E-state index contributed by atoms with van der Waals surface area (Å²) in [6, 6.07) is 9.63. The first kappa shape index (κ1) is 15.5. The first-order valence-corrected chi connectivity index (χ1v) is 6.74. The van der Waals surface area contributed by atoms with Crippen LogP contribution in [-0.2, 0) is 0 Å². The number of aliphatic hydroxyl groups excluding tert-OH is 1. The maximum atomic E-state index is 11.7. The van der Waals surface area contributed by atoms with E-state index in [-0.39, 0.29) is 30.5 Å². The molecule has 1 aromatic rings. The average molecular weight is 264 g/mol. The van der Waals surface area contributed by atoms with E-state index in [0.29, 0.717) is 6.54 Å². The third-order valence-electron chi connectivity index (χ3n) is 3.26. The number of amides is 2. The lowest BCUT2D eigenvalue weighted by atomic mass is 10.0. The third-order valence-corrected chi connectivity index (χ3v) is 3.26. The van der Waals surface area contributed by atoms with Crippen molar-refractivity contribution >= 4 is 6.03 Å². The summed E-state index contributed by atoms with van der Waals surface area (Å²) in [5, 5.41) is 14.8. The summed E-state index contributed by atoms with van der Waals surface area (Å²) in [6.45, 7) is 6.54. The zero-order valence-corrected chi connectivity index (χ0v) is 11.9. The molecule has 2 amide bonds. The lowest BCUT2D eigenvalue weighted by Crippen LogP contribution is -2.47. The maximum Gasteiger partial charge on any atom is 0.315 e. The number of carbonyl (C=O) groups is 1. The molecule has 1 unspecified atom stereocenters. The van der Waals surface area contributed by atoms with Crippen molar-refractivity contribution in [2.45, 2.75) is 32.7 Å². The van der Waals surface area contributed by atoms with Gasteiger partial charge >= 0.3 is 6.03 Å². The van der Waals surface area contributed by atoms with Gasteiger partial charge in [0.2, 0.25) is 0 Å². The molecule has 4 nitrogen and oxygen atoms in total. The van der Waals surface area contributed by atoms with Gasteiger partial charge in [-0.2, -0.15) is 0 Å². The maximum absolute atomic E-state index is 11.7. The molecule has 0 saturated heterocycles. The van der Waals surface area contributed by atoms with E-state index in [1.165, 1.54) is 5.56 Å². The van der Waals surface area contributed by atoms with Gasteiger partial charge in [0.15, 0.2) is 0 Å². The van der Waals surface area contributed by atoms with Gasteiger partial charge in [-0.15, -0.1) is 0 Å². The van der Waals surface area contributed by atoms with Crippen molar-refractivity contribution < 1.29 is 9.90 Å². The van der Waals surface area contributed by atoms with E-state index in [0.717, 1.165) is 0 Å². The van der Waals surface area contributed by atoms with Crippen molar-refractivity contribution in [1.29, 1.82) is 0 Å². The summed E-state index contributed by atoms with van der Waals surface area (Å²) in [5.74, 6) is 0.473. The first-order chi connectivity index (χ1) is 9.04. The SMILES string of the molecule is CC(CNC(=O)N[C@H](CO)C(C)C)c1ccccc1. The lowest BCUT2D eigenvalue weighted by molar-refractivity contribution is 0.198. The van der Waals surface area contributed by atoms with E-state index < -0.39 is 0 Å². The molecule has 3 N–H and O–H groups in total. The molecular formula is C15H24N2O2. The van der Waals surface area contributed by atoms with E-state index >= 15 is 0 Å². The standard InChI is InChI=1S/C15H24N2O2/c1-11(2)14(10-18)17-15(19)16-9-12(3)13-7-5-4-6-8-13/h4-8,11-12,14,18H,9-10H2,1-3H3,(H2,16,17,19)/t12?,14-/m1/s1. The highest BCUT2D eigenvalue weighted by molar-refractivity contribution is 5.74. The van der Waals surface area contributed by atoms with Crippen LogP contribution in [0.5, 0.6) is 0 Å². The fourth-order valence-corrected chi connectivity index (χ4v) is 1.79. The fourth-order valence-electron chi connectivity index (χ4n) is 1.79. The topological polar surface area (TPSA) is 61.4 Å². The predicted molar refractivity (Wildman–Crippen MR) is 77.1 cm³/mol. The van der Waals surface area contributed by atoms with Crippen LogP contribution >= 0.6 is 0 Å². The Hall–Kier alpha value is -1.55. The number of hydrogen-bond acceptors (Lipinski definition) is 2. The number of rotatable bonds is 6. The number of benzene rings is 1. The van der Waals surface area contributed by atoms with Crippen molar-refractivity contribution in [2.24, 2.45) is 5.92 Å². The molecule has 0 radical (unpaired) electrons. The van der Waals surface area contributed by atoms with Crippen molar-refractivity contribution in [3.05, 3.63) is 35.9 Å². The van der Waals surface area contributed by atoms with Gasteiger partial charge in [0, 0.05) is 6.54 Å². The molecule has 0 bridgehead atoms. The molecule has 1 rings (SSSR count). The highest BCUT2D eigenvalue weighted by Crippen LogP contribution is 2.12. The largest absolute Gasteiger partial charge is 0.394 e. The molecule has 0 aliphatic rings. The summed E-state index contributed by atoms with van der Waals surface area (Å²) in [4.78, 5) is 11.7.